The molecule has 25 heavy (non-hydrogen) atoms. The summed E-state index contributed by atoms with van der Waals surface area (Å²) in [6.07, 6.45) is 1.98. The van der Waals surface area contributed by atoms with Crippen LogP contribution in [0.25, 0.3) is 0 Å². The van der Waals surface area contributed by atoms with Crippen molar-refractivity contribution in [3.05, 3.63) is 83.7 Å². The number of nitrogens with one attached hydrogen (secondary N) is 2. The fraction of sp³-hybridized carbons (Fsp3) is 0.158. The van der Waals surface area contributed by atoms with Gasteiger partial charge < -0.3 is 10.6 Å². The monoisotopic (exact) mass is 340 g/mol. The summed E-state index contributed by atoms with van der Waals surface area (Å²) in [6.45, 7) is 0.878. The van der Waals surface area contributed by atoms with Gasteiger partial charge in [0.25, 0.3) is 0 Å². The lowest BCUT2D eigenvalue weighted by Gasteiger charge is -2.09. The molecule has 0 atom stereocenters. The quantitative estimate of drug-likeness (QED) is 0.682. The van der Waals surface area contributed by atoms with E-state index < -0.39 is 0 Å². The molecule has 0 aliphatic heterocycles. The van der Waals surface area contributed by atoms with E-state index in [0.717, 1.165) is 0 Å². The van der Waals surface area contributed by atoms with Crippen LogP contribution in [0.5, 0.6) is 0 Å². The lowest BCUT2D eigenvalue weighted by molar-refractivity contribution is 0.610. The molecule has 3 aromatic rings. The van der Waals surface area contributed by atoms with E-state index in [1.54, 1.807) is 36.4 Å². The van der Waals surface area contributed by atoms with Crippen LogP contribution in [0.1, 0.15) is 11.1 Å². The Kier molecular flexibility index (Phi) is 5.51. The molecule has 1 heterocycles. The highest BCUT2D eigenvalue weighted by Crippen LogP contribution is 2.13. The van der Waals surface area contributed by atoms with Crippen molar-refractivity contribution < 1.29 is 8.78 Å². The van der Waals surface area contributed by atoms with Crippen molar-refractivity contribution in [1.82, 2.24) is 9.97 Å². The molecule has 0 saturated heterocycles. The molecule has 0 radical (unpaired) electrons. The molecule has 6 heteroatoms. The van der Waals surface area contributed by atoms with Gasteiger partial charge in [-0.05, 0) is 24.1 Å². The summed E-state index contributed by atoms with van der Waals surface area (Å²) in [5, 5.41) is 6.21. The minimum atomic E-state index is -0.257. The third kappa shape index (κ3) is 4.73. The van der Waals surface area contributed by atoms with Crippen LogP contribution in [-0.2, 0) is 13.0 Å². The molecular formula is C19H18F2N4. The fourth-order valence-electron chi connectivity index (χ4n) is 2.40. The Morgan fingerprint density at radius 3 is 2.04 bits per heavy atom. The second kappa shape index (κ2) is 8.19. The van der Waals surface area contributed by atoms with Gasteiger partial charge in [0.15, 0.2) is 0 Å². The maximum absolute atomic E-state index is 13.6. The molecule has 0 aliphatic rings. The summed E-state index contributed by atoms with van der Waals surface area (Å²) in [4.78, 5) is 8.26. The minimum Gasteiger partial charge on any atom is -0.370 e. The zero-order chi connectivity index (χ0) is 17.5. The number of benzene rings is 2. The Balaban J connectivity index is 1.54. The molecule has 0 unspecified atom stereocenters. The van der Waals surface area contributed by atoms with E-state index in [0.29, 0.717) is 42.3 Å². The number of nitrogens with zero attached hydrogens (tertiary/aromatic N) is 2. The maximum Gasteiger partial charge on any atom is 0.131 e. The predicted octanol–water partition coefficient (Wildman–Crippen LogP) is 4.02. The summed E-state index contributed by atoms with van der Waals surface area (Å²) >= 11 is 0. The highest BCUT2D eigenvalue weighted by atomic mass is 19.1. The van der Waals surface area contributed by atoms with Gasteiger partial charge in [-0.2, -0.15) is 0 Å². The van der Waals surface area contributed by atoms with Gasteiger partial charge in [-0.3, -0.25) is 0 Å². The molecule has 2 N–H and O–H groups in total. The lowest BCUT2D eigenvalue weighted by Crippen LogP contribution is -2.09. The Morgan fingerprint density at radius 1 is 0.760 bits per heavy atom. The van der Waals surface area contributed by atoms with Gasteiger partial charge >= 0.3 is 0 Å². The van der Waals surface area contributed by atoms with Crippen molar-refractivity contribution in [2.45, 2.75) is 13.0 Å². The van der Waals surface area contributed by atoms with Crippen molar-refractivity contribution >= 4 is 11.6 Å². The van der Waals surface area contributed by atoms with Crippen molar-refractivity contribution in [2.24, 2.45) is 0 Å². The van der Waals surface area contributed by atoms with Crippen LogP contribution in [-0.4, -0.2) is 16.5 Å². The summed E-state index contributed by atoms with van der Waals surface area (Å²) in [5.41, 5.74) is 1.22. The Labute approximate surface area is 145 Å². The first-order valence-electron chi connectivity index (χ1n) is 7.99. The number of rotatable bonds is 7. The van der Waals surface area contributed by atoms with Crippen LogP contribution in [0.2, 0.25) is 0 Å². The van der Waals surface area contributed by atoms with Gasteiger partial charge in [-0.1, -0.05) is 36.4 Å². The summed E-state index contributed by atoms with van der Waals surface area (Å²) in [5.74, 6) is 0.751. The Morgan fingerprint density at radius 2 is 1.36 bits per heavy atom. The van der Waals surface area contributed by atoms with Crippen LogP contribution >= 0.6 is 0 Å². The van der Waals surface area contributed by atoms with Crippen molar-refractivity contribution in [3.63, 3.8) is 0 Å². The lowest BCUT2D eigenvalue weighted by atomic mass is 10.1. The molecule has 0 amide bonds. The van der Waals surface area contributed by atoms with Crippen molar-refractivity contribution in [2.75, 3.05) is 17.2 Å². The van der Waals surface area contributed by atoms with Gasteiger partial charge in [0.05, 0.1) is 0 Å². The molecule has 128 valence electrons. The van der Waals surface area contributed by atoms with Crippen LogP contribution in [0.4, 0.5) is 20.4 Å². The molecule has 0 spiro atoms. The normalized spacial score (nSPS) is 10.5. The molecule has 0 saturated carbocycles. The topological polar surface area (TPSA) is 49.8 Å². The van der Waals surface area contributed by atoms with Crippen molar-refractivity contribution in [3.8, 4) is 0 Å². The smallest absolute Gasteiger partial charge is 0.131 e. The SMILES string of the molecule is Fc1ccccc1CCNc1cc(NCc2ccccc2F)ncn1. The molecule has 0 aliphatic carbocycles. The summed E-state index contributed by atoms with van der Waals surface area (Å²) in [6, 6.07) is 15.0. The largest absolute Gasteiger partial charge is 0.370 e. The van der Waals surface area contributed by atoms with Crippen LogP contribution in [0.15, 0.2) is 60.9 Å². The van der Waals surface area contributed by atoms with Gasteiger partial charge in [-0.25, -0.2) is 18.7 Å². The molecular weight excluding hydrogens is 322 g/mol. The second-order valence-electron chi connectivity index (χ2n) is 5.50. The Hall–Kier alpha value is -3.02. The first-order valence-corrected chi connectivity index (χ1v) is 7.99. The molecule has 2 aromatic carbocycles. The number of anilines is 2. The third-order valence-electron chi connectivity index (χ3n) is 3.74. The predicted molar refractivity (Wildman–Crippen MR) is 94.4 cm³/mol. The van der Waals surface area contributed by atoms with Gasteiger partial charge in [0.1, 0.15) is 29.6 Å². The highest BCUT2D eigenvalue weighted by Gasteiger charge is 2.04. The first-order chi connectivity index (χ1) is 12.2. The second-order valence-corrected chi connectivity index (χ2v) is 5.50. The van der Waals surface area contributed by atoms with Crippen LogP contribution < -0.4 is 10.6 Å². The van der Waals surface area contributed by atoms with E-state index in [2.05, 4.69) is 20.6 Å². The highest BCUT2D eigenvalue weighted by molar-refractivity contribution is 5.46. The average Bonchev–Trinajstić information content (AvgIpc) is 2.63. The number of hydrogen-bond donors (Lipinski definition) is 2. The van der Waals surface area contributed by atoms with E-state index in [4.69, 9.17) is 0 Å². The fourth-order valence-corrected chi connectivity index (χ4v) is 2.40. The maximum atomic E-state index is 13.6. The molecule has 3 rings (SSSR count). The minimum absolute atomic E-state index is 0.209. The van der Waals surface area contributed by atoms with E-state index in [1.165, 1.54) is 18.5 Å². The average molecular weight is 340 g/mol. The van der Waals surface area contributed by atoms with Crippen molar-refractivity contribution in [1.29, 1.82) is 0 Å². The van der Waals surface area contributed by atoms with E-state index in [-0.39, 0.29) is 11.6 Å². The molecule has 0 bridgehead atoms. The van der Waals surface area contributed by atoms with E-state index in [9.17, 15) is 8.78 Å². The van der Waals surface area contributed by atoms with Crippen LogP contribution in [0, 0.1) is 11.6 Å². The van der Waals surface area contributed by atoms with Gasteiger partial charge in [0.2, 0.25) is 0 Å². The molecule has 0 fully saturated rings. The third-order valence-corrected chi connectivity index (χ3v) is 3.74. The van der Waals surface area contributed by atoms with Gasteiger partial charge in [0, 0.05) is 24.7 Å². The summed E-state index contributed by atoms with van der Waals surface area (Å²) in [7, 11) is 0. The summed E-state index contributed by atoms with van der Waals surface area (Å²) < 4.78 is 27.2. The zero-order valence-corrected chi connectivity index (χ0v) is 13.5. The molecule has 1 aromatic heterocycles. The van der Waals surface area contributed by atoms with Gasteiger partial charge in [-0.15, -0.1) is 0 Å². The standard InChI is InChI=1S/C19H18F2N4/c20-16-7-3-1-5-14(16)9-10-22-18-11-19(25-13-24-18)23-12-15-6-2-4-8-17(15)21/h1-8,11,13H,9-10,12H2,(H2,22,23,24,25). The van der Waals surface area contributed by atoms with E-state index >= 15 is 0 Å². The number of aromatic nitrogens is 2. The zero-order valence-electron chi connectivity index (χ0n) is 13.5. The molecule has 4 nitrogen and oxygen atoms in total. The Bertz CT molecular complexity index is 839. The van der Waals surface area contributed by atoms with Crippen LogP contribution in [0.3, 0.4) is 0 Å². The van der Waals surface area contributed by atoms with E-state index in [1.807, 2.05) is 6.07 Å². The number of halogens is 2. The first kappa shape index (κ1) is 16.8. The number of hydrogen-bond acceptors (Lipinski definition) is 4.